The van der Waals surface area contributed by atoms with Crippen LogP contribution in [0.3, 0.4) is 0 Å². The second-order valence-corrected chi connectivity index (χ2v) is 6.43. The second kappa shape index (κ2) is 7.70. The van der Waals surface area contributed by atoms with Gasteiger partial charge in [0.2, 0.25) is 0 Å². The molecule has 1 N–H and O–H groups in total. The number of carbonyl (C=O) groups excluding carboxylic acids is 1. The van der Waals surface area contributed by atoms with E-state index < -0.39 is 0 Å². The maximum Gasteiger partial charge on any atom is 0.337 e. The first-order valence-corrected chi connectivity index (χ1v) is 8.45. The van der Waals surface area contributed by atoms with Crippen LogP contribution in [0.4, 0.5) is 0 Å². The van der Waals surface area contributed by atoms with Crippen molar-refractivity contribution in [2.24, 2.45) is 0 Å². The Labute approximate surface area is 125 Å². The van der Waals surface area contributed by atoms with Crippen LogP contribution in [0.15, 0.2) is 24.3 Å². The van der Waals surface area contributed by atoms with Gasteiger partial charge in [-0.2, -0.15) is 11.8 Å². The molecule has 0 radical (unpaired) electrons. The van der Waals surface area contributed by atoms with Crippen molar-refractivity contribution in [3.05, 3.63) is 35.4 Å². The van der Waals surface area contributed by atoms with Gasteiger partial charge in [0.05, 0.1) is 12.7 Å². The summed E-state index contributed by atoms with van der Waals surface area (Å²) in [5.74, 6) is -0.278. The lowest BCUT2D eigenvalue weighted by Crippen LogP contribution is -2.34. The van der Waals surface area contributed by atoms with E-state index in [2.05, 4.69) is 11.6 Å². The molecule has 0 aliphatic heterocycles. The summed E-state index contributed by atoms with van der Waals surface area (Å²) in [6.07, 6.45) is 7.43. The lowest BCUT2D eigenvalue weighted by molar-refractivity contribution is 0.0600. The highest BCUT2D eigenvalue weighted by molar-refractivity contribution is 7.99. The zero-order valence-corrected chi connectivity index (χ0v) is 13.0. The number of ether oxygens (including phenoxy) is 1. The van der Waals surface area contributed by atoms with Crippen LogP contribution >= 0.6 is 11.8 Å². The molecule has 0 bridgehead atoms. The molecule has 0 aromatic heterocycles. The number of esters is 1. The standard InChI is InChI=1S/C16H23NO2S/c1-19-16(18)13-8-6-12(7-9-13)11-17-14-4-3-5-15(10-14)20-2/h6-9,14-15,17H,3-5,10-11H2,1-2H3. The number of thioether (sulfide) groups is 1. The molecule has 1 fully saturated rings. The highest BCUT2D eigenvalue weighted by atomic mass is 32.2. The van der Waals surface area contributed by atoms with Gasteiger partial charge in [-0.3, -0.25) is 0 Å². The minimum Gasteiger partial charge on any atom is -0.465 e. The molecule has 1 aromatic rings. The van der Waals surface area contributed by atoms with Crippen LogP contribution in [0.25, 0.3) is 0 Å². The van der Waals surface area contributed by atoms with Crippen molar-refractivity contribution in [2.75, 3.05) is 13.4 Å². The minimum atomic E-state index is -0.278. The molecular weight excluding hydrogens is 270 g/mol. The number of hydrogen-bond donors (Lipinski definition) is 1. The van der Waals surface area contributed by atoms with E-state index in [1.54, 1.807) is 0 Å². The van der Waals surface area contributed by atoms with Crippen LogP contribution < -0.4 is 5.32 Å². The van der Waals surface area contributed by atoms with Crippen LogP contribution in [0.2, 0.25) is 0 Å². The first-order chi connectivity index (χ1) is 9.72. The molecule has 1 saturated carbocycles. The van der Waals surface area contributed by atoms with Crippen molar-refractivity contribution in [3.8, 4) is 0 Å². The van der Waals surface area contributed by atoms with E-state index in [0.717, 1.165) is 11.8 Å². The Morgan fingerprint density at radius 1 is 1.35 bits per heavy atom. The molecule has 0 heterocycles. The Hall–Kier alpha value is -1.00. The van der Waals surface area contributed by atoms with Gasteiger partial charge in [0.15, 0.2) is 0 Å². The molecular formula is C16H23NO2S. The van der Waals surface area contributed by atoms with Crippen molar-refractivity contribution in [3.63, 3.8) is 0 Å². The molecule has 2 atom stereocenters. The molecule has 0 amide bonds. The fraction of sp³-hybridized carbons (Fsp3) is 0.562. The maximum absolute atomic E-state index is 11.4. The third-order valence-corrected chi connectivity index (χ3v) is 5.02. The summed E-state index contributed by atoms with van der Waals surface area (Å²) in [7, 11) is 1.41. The summed E-state index contributed by atoms with van der Waals surface area (Å²) in [6.45, 7) is 0.868. The van der Waals surface area contributed by atoms with Crippen molar-refractivity contribution >= 4 is 17.7 Å². The predicted molar refractivity (Wildman–Crippen MR) is 84.2 cm³/mol. The van der Waals surface area contributed by atoms with Crippen LogP contribution in [0, 0.1) is 0 Å². The average molecular weight is 293 g/mol. The van der Waals surface area contributed by atoms with E-state index in [4.69, 9.17) is 4.74 Å². The van der Waals surface area contributed by atoms with Gasteiger partial charge in [-0.25, -0.2) is 4.79 Å². The van der Waals surface area contributed by atoms with Gasteiger partial charge in [0.1, 0.15) is 0 Å². The van der Waals surface area contributed by atoms with E-state index >= 15 is 0 Å². The summed E-state index contributed by atoms with van der Waals surface area (Å²) in [6, 6.07) is 8.27. The van der Waals surface area contributed by atoms with Gasteiger partial charge in [-0.05, 0) is 43.2 Å². The van der Waals surface area contributed by atoms with Crippen molar-refractivity contribution in [1.82, 2.24) is 5.32 Å². The third kappa shape index (κ3) is 4.25. The Morgan fingerprint density at radius 3 is 2.75 bits per heavy atom. The third-order valence-electron chi connectivity index (χ3n) is 3.93. The Kier molecular flexibility index (Phi) is 5.92. The van der Waals surface area contributed by atoms with E-state index in [0.29, 0.717) is 11.6 Å². The minimum absolute atomic E-state index is 0.278. The fourth-order valence-electron chi connectivity index (χ4n) is 2.68. The number of hydrogen-bond acceptors (Lipinski definition) is 4. The zero-order chi connectivity index (χ0) is 14.4. The van der Waals surface area contributed by atoms with Crippen molar-refractivity contribution in [1.29, 1.82) is 0 Å². The van der Waals surface area contributed by atoms with Crippen LogP contribution in [0.5, 0.6) is 0 Å². The maximum atomic E-state index is 11.4. The summed E-state index contributed by atoms with van der Waals surface area (Å²) in [5.41, 5.74) is 1.82. The number of carbonyl (C=O) groups is 1. The van der Waals surface area contributed by atoms with Gasteiger partial charge in [0.25, 0.3) is 0 Å². The smallest absolute Gasteiger partial charge is 0.337 e. The second-order valence-electron chi connectivity index (χ2n) is 5.29. The molecule has 2 rings (SSSR count). The van der Waals surface area contributed by atoms with Gasteiger partial charge < -0.3 is 10.1 Å². The lowest BCUT2D eigenvalue weighted by atomic mass is 9.95. The lowest BCUT2D eigenvalue weighted by Gasteiger charge is -2.28. The molecule has 1 aliphatic carbocycles. The molecule has 1 aliphatic rings. The van der Waals surface area contributed by atoms with Crippen molar-refractivity contribution < 1.29 is 9.53 Å². The highest BCUT2D eigenvalue weighted by Crippen LogP contribution is 2.27. The average Bonchev–Trinajstić information content (AvgIpc) is 2.53. The van der Waals surface area contributed by atoms with Crippen molar-refractivity contribution in [2.45, 2.75) is 43.5 Å². The number of rotatable bonds is 5. The summed E-state index contributed by atoms with van der Waals surface area (Å²) < 4.78 is 4.70. The Morgan fingerprint density at radius 2 is 2.10 bits per heavy atom. The van der Waals surface area contributed by atoms with E-state index in [9.17, 15) is 4.79 Å². The van der Waals surface area contributed by atoms with E-state index in [1.165, 1.54) is 38.4 Å². The number of nitrogens with one attached hydrogen (secondary N) is 1. The highest BCUT2D eigenvalue weighted by Gasteiger charge is 2.20. The fourth-order valence-corrected chi connectivity index (χ4v) is 3.51. The normalized spacial score (nSPS) is 22.5. The van der Waals surface area contributed by atoms with Crippen LogP contribution in [-0.4, -0.2) is 30.6 Å². The van der Waals surface area contributed by atoms with Crippen LogP contribution in [-0.2, 0) is 11.3 Å². The predicted octanol–water partition coefficient (Wildman–Crippen LogP) is 3.24. The summed E-state index contributed by atoms with van der Waals surface area (Å²) in [4.78, 5) is 11.4. The zero-order valence-electron chi connectivity index (χ0n) is 12.2. The summed E-state index contributed by atoms with van der Waals surface area (Å²) in [5, 5.41) is 4.44. The molecule has 0 saturated heterocycles. The molecule has 110 valence electrons. The molecule has 0 spiro atoms. The van der Waals surface area contributed by atoms with Gasteiger partial charge in [-0.15, -0.1) is 0 Å². The first kappa shape index (κ1) is 15.4. The SMILES string of the molecule is COC(=O)c1ccc(CNC2CCCC(SC)C2)cc1. The quantitative estimate of drug-likeness (QED) is 0.846. The molecule has 4 heteroatoms. The molecule has 20 heavy (non-hydrogen) atoms. The Balaban J connectivity index is 1.83. The topological polar surface area (TPSA) is 38.3 Å². The monoisotopic (exact) mass is 293 g/mol. The molecule has 3 nitrogen and oxygen atoms in total. The van der Waals surface area contributed by atoms with E-state index in [1.807, 2.05) is 36.0 Å². The van der Waals surface area contributed by atoms with Gasteiger partial charge in [0, 0.05) is 17.8 Å². The van der Waals surface area contributed by atoms with Gasteiger partial charge in [-0.1, -0.05) is 18.6 Å². The molecule has 2 unspecified atom stereocenters. The number of benzene rings is 1. The first-order valence-electron chi connectivity index (χ1n) is 7.16. The van der Waals surface area contributed by atoms with Gasteiger partial charge >= 0.3 is 5.97 Å². The summed E-state index contributed by atoms with van der Waals surface area (Å²) >= 11 is 1.99. The van der Waals surface area contributed by atoms with E-state index in [-0.39, 0.29) is 5.97 Å². The number of methoxy groups -OCH3 is 1. The largest absolute Gasteiger partial charge is 0.465 e. The Bertz CT molecular complexity index is 433. The molecule has 1 aromatic carbocycles. The van der Waals surface area contributed by atoms with Crippen LogP contribution in [0.1, 0.15) is 41.6 Å².